The fourth-order valence-electron chi connectivity index (χ4n) is 3.83. The highest BCUT2D eigenvalue weighted by Crippen LogP contribution is 2.26. The number of amides is 1. The number of nitrogens with zero attached hydrogens (tertiary/aromatic N) is 1. The van der Waals surface area contributed by atoms with E-state index in [4.69, 9.17) is 0 Å². The van der Waals surface area contributed by atoms with Crippen LogP contribution >= 0.6 is 0 Å². The number of aryl methyl sites for hydroxylation is 3. The van der Waals surface area contributed by atoms with Crippen LogP contribution in [0.4, 0.5) is 0 Å². The first-order valence-electron chi connectivity index (χ1n) is 9.25. The van der Waals surface area contributed by atoms with Crippen molar-refractivity contribution >= 4 is 16.8 Å². The summed E-state index contributed by atoms with van der Waals surface area (Å²) in [5.74, 6) is 0.0164. The second kappa shape index (κ2) is 7.58. The molecule has 0 aliphatic carbocycles. The topological polar surface area (TPSA) is 68.4 Å². The number of aromatic amines is 1. The van der Waals surface area contributed by atoms with Crippen LogP contribution in [0.25, 0.3) is 10.9 Å². The first-order chi connectivity index (χ1) is 12.0. The summed E-state index contributed by atoms with van der Waals surface area (Å²) in [7, 11) is 0. The number of aromatic nitrogens is 1. The Bertz CT molecular complexity index is 766. The van der Waals surface area contributed by atoms with Crippen molar-refractivity contribution < 1.29 is 9.90 Å². The molecule has 1 aliphatic rings. The van der Waals surface area contributed by atoms with E-state index in [1.54, 1.807) is 0 Å². The number of rotatable bonds is 5. The van der Waals surface area contributed by atoms with Crippen LogP contribution in [0.15, 0.2) is 12.1 Å². The van der Waals surface area contributed by atoms with Crippen LogP contribution in [0.3, 0.4) is 0 Å². The average Bonchev–Trinajstić information content (AvgIpc) is 2.89. The lowest BCUT2D eigenvalue weighted by Gasteiger charge is -2.29. The molecule has 0 bridgehead atoms. The number of carbonyl (C=O) groups is 1. The van der Waals surface area contributed by atoms with Crippen molar-refractivity contribution in [3.05, 3.63) is 34.5 Å². The maximum Gasteiger partial charge on any atom is 0.234 e. The van der Waals surface area contributed by atoms with Gasteiger partial charge in [0.1, 0.15) is 0 Å². The molecule has 0 radical (unpaired) electrons. The average molecular weight is 343 g/mol. The summed E-state index contributed by atoms with van der Waals surface area (Å²) in [5, 5.41) is 14.0. The highest BCUT2D eigenvalue weighted by Gasteiger charge is 2.19. The Hall–Kier alpha value is -1.85. The molecular formula is C20H29N3O2. The maximum absolute atomic E-state index is 12.3. The van der Waals surface area contributed by atoms with E-state index >= 15 is 0 Å². The normalized spacial score (nSPS) is 18.6. The van der Waals surface area contributed by atoms with Gasteiger partial charge in [-0.05, 0) is 56.8 Å². The zero-order chi connectivity index (χ0) is 18.0. The number of carbonyl (C=O) groups excluding carboxylic acids is 1. The molecule has 1 atom stereocenters. The van der Waals surface area contributed by atoms with Crippen LogP contribution < -0.4 is 5.32 Å². The Morgan fingerprint density at radius 1 is 1.40 bits per heavy atom. The van der Waals surface area contributed by atoms with Gasteiger partial charge in [-0.15, -0.1) is 0 Å². The van der Waals surface area contributed by atoms with E-state index in [1.165, 1.54) is 22.2 Å². The second-order valence-corrected chi connectivity index (χ2v) is 7.24. The number of nitrogens with one attached hydrogen (secondary N) is 2. The molecule has 25 heavy (non-hydrogen) atoms. The molecule has 1 aromatic carbocycles. The van der Waals surface area contributed by atoms with Gasteiger partial charge in [0, 0.05) is 24.2 Å². The molecule has 0 spiro atoms. The second-order valence-electron chi connectivity index (χ2n) is 7.24. The van der Waals surface area contributed by atoms with Gasteiger partial charge < -0.3 is 15.4 Å². The molecule has 3 N–H and O–H groups in total. The number of aliphatic hydroxyl groups is 1. The standard InChI is InChI=1S/C20H29N3O2/c1-4-18-14(3)17-9-13(2)8-15(20(17)22-18)10-21-19(25)12-23-7-5-6-16(24)11-23/h8-9,16,22,24H,4-7,10-12H2,1-3H3,(H,21,25)/t16-/m1/s1. The Morgan fingerprint density at radius 3 is 2.92 bits per heavy atom. The molecule has 1 fully saturated rings. The quantitative estimate of drug-likeness (QED) is 0.781. The molecule has 2 aromatic rings. The number of piperidine rings is 1. The number of hydrogen-bond acceptors (Lipinski definition) is 3. The third-order valence-electron chi connectivity index (χ3n) is 5.17. The molecule has 3 rings (SSSR count). The fraction of sp³-hybridized carbons (Fsp3) is 0.550. The van der Waals surface area contributed by atoms with E-state index in [-0.39, 0.29) is 12.0 Å². The van der Waals surface area contributed by atoms with Gasteiger partial charge in [0.2, 0.25) is 5.91 Å². The van der Waals surface area contributed by atoms with Crippen LogP contribution in [0, 0.1) is 13.8 Å². The summed E-state index contributed by atoms with van der Waals surface area (Å²) in [6, 6.07) is 4.35. The van der Waals surface area contributed by atoms with Crippen molar-refractivity contribution in [1.82, 2.24) is 15.2 Å². The number of fused-ring (bicyclic) bond motifs is 1. The molecule has 1 aliphatic heterocycles. The number of aliphatic hydroxyl groups excluding tert-OH is 1. The van der Waals surface area contributed by atoms with Crippen LogP contribution in [0.1, 0.15) is 42.1 Å². The Labute approximate surface area is 149 Å². The SMILES string of the molecule is CCc1[nH]c2c(CNC(=O)CN3CCC[C@@H](O)C3)cc(C)cc2c1C. The maximum atomic E-state index is 12.3. The van der Waals surface area contributed by atoms with Crippen molar-refractivity contribution in [3.8, 4) is 0 Å². The van der Waals surface area contributed by atoms with Gasteiger partial charge in [-0.3, -0.25) is 9.69 Å². The molecule has 1 saturated heterocycles. The van der Waals surface area contributed by atoms with Gasteiger partial charge >= 0.3 is 0 Å². The number of benzene rings is 1. The highest BCUT2D eigenvalue weighted by atomic mass is 16.3. The molecule has 5 nitrogen and oxygen atoms in total. The van der Waals surface area contributed by atoms with Gasteiger partial charge in [-0.2, -0.15) is 0 Å². The van der Waals surface area contributed by atoms with Gasteiger partial charge in [0.05, 0.1) is 18.2 Å². The van der Waals surface area contributed by atoms with Gasteiger partial charge in [-0.25, -0.2) is 0 Å². The summed E-state index contributed by atoms with van der Waals surface area (Å²) in [6.45, 7) is 8.76. The molecular weight excluding hydrogens is 314 g/mol. The summed E-state index contributed by atoms with van der Waals surface area (Å²) in [6.07, 6.45) is 2.47. The molecule has 2 heterocycles. The van der Waals surface area contributed by atoms with Crippen LogP contribution in [0.5, 0.6) is 0 Å². The number of H-pyrrole nitrogens is 1. The smallest absolute Gasteiger partial charge is 0.234 e. The molecule has 1 aromatic heterocycles. The fourth-order valence-corrected chi connectivity index (χ4v) is 3.83. The van der Waals surface area contributed by atoms with Crippen LogP contribution in [-0.4, -0.2) is 46.6 Å². The molecule has 1 amide bonds. The van der Waals surface area contributed by atoms with E-state index in [1.807, 2.05) is 4.90 Å². The van der Waals surface area contributed by atoms with Crippen molar-refractivity contribution in [2.45, 2.75) is 52.7 Å². The van der Waals surface area contributed by atoms with Gasteiger partial charge in [-0.1, -0.05) is 18.6 Å². The van der Waals surface area contributed by atoms with Crippen molar-refractivity contribution in [2.75, 3.05) is 19.6 Å². The van der Waals surface area contributed by atoms with Gasteiger partial charge in [0.15, 0.2) is 0 Å². The third-order valence-corrected chi connectivity index (χ3v) is 5.17. The van der Waals surface area contributed by atoms with Crippen molar-refractivity contribution in [3.63, 3.8) is 0 Å². The molecule has 0 saturated carbocycles. The zero-order valence-corrected chi connectivity index (χ0v) is 15.5. The van der Waals surface area contributed by atoms with Crippen molar-refractivity contribution in [1.29, 1.82) is 0 Å². The summed E-state index contributed by atoms with van der Waals surface area (Å²) < 4.78 is 0. The lowest BCUT2D eigenvalue weighted by Crippen LogP contribution is -2.44. The number of hydrogen-bond donors (Lipinski definition) is 3. The Morgan fingerprint density at radius 2 is 2.20 bits per heavy atom. The summed E-state index contributed by atoms with van der Waals surface area (Å²) in [4.78, 5) is 17.9. The first kappa shape index (κ1) is 18.0. The Balaban J connectivity index is 1.69. The van der Waals surface area contributed by atoms with Crippen LogP contribution in [-0.2, 0) is 17.8 Å². The highest BCUT2D eigenvalue weighted by molar-refractivity contribution is 5.88. The lowest BCUT2D eigenvalue weighted by atomic mass is 10.0. The summed E-state index contributed by atoms with van der Waals surface area (Å²) in [5.41, 5.74) is 6.03. The minimum atomic E-state index is -0.299. The minimum Gasteiger partial charge on any atom is -0.392 e. The zero-order valence-electron chi connectivity index (χ0n) is 15.5. The number of likely N-dealkylation sites (tertiary alicyclic amines) is 1. The van der Waals surface area contributed by atoms with E-state index in [9.17, 15) is 9.90 Å². The van der Waals surface area contributed by atoms with E-state index in [2.05, 4.69) is 43.2 Å². The van der Waals surface area contributed by atoms with Gasteiger partial charge in [0.25, 0.3) is 0 Å². The largest absolute Gasteiger partial charge is 0.392 e. The minimum absolute atomic E-state index is 0.0164. The number of β-amino-alcohol motifs (C(OH)–C–C–N with tert-alkyl or cyclic N) is 1. The predicted molar refractivity (Wildman–Crippen MR) is 101 cm³/mol. The summed E-state index contributed by atoms with van der Waals surface area (Å²) >= 11 is 0. The van der Waals surface area contributed by atoms with E-state index in [0.717, 1.165) is 36.9 Å². The van der Waals surface area contributed by atoms with E-state index in [0.29, 0.717) is 19.6 Å². The predicted octanol–water partition coefficient (Wildman–Crippen LogP) is 2.42. The lowest BCUT2D eigenvalue weighted by molar-refractivity contribution is -0.123. The first-order valence-corrected chi connectivity index (χ1v) is 9.25. The molecule has 136 valence electrons. The Kier molecular flexibility index (Phi) is 5.45. The monoisotopic (exact) mass is 343 g/mol. The van der Waals surface area contributed by atoms with Crippen LogP contribution in [0.2, 0.25) is 0 Å². The molecule has 0 unspecified atom stereocenters. The van der Waals surface area contributed by atoms with E-state index < -0.39 is 0 Å². The third kappa shape index (κ3) is 4.05. The van der Waals surface area contributed by atoms with Crippen molar-refractivity contribution in [2.24, 2.45) is 0 Å². The molecule has 5 heteroatoms.